The van der Waals surface area contributed by atoms with Gasteiger partial charge in [-0.2, -0.15) is 0 Å². The molecule has 0 spiro atoms. The van der Waals surface area contributed by atoms with E-state index in [-0.39, 0.29) is 5.92 Å². The molecule has 0 bridgehead atoms. The first-order valence-electron chi connectivity index (χ1n) is 4.76. The first kappa shape index (κ1) is 14.4. The number of rotatable bonds is 6. The minimum atomic E-state index is -1.45. The first-order chi connectivity index (χ1) is 7.25. The Morgan fingerprint density at radius 3 is 2.06 bits per heavy atom. The highest BCUT2D eigenvalue weighted by atomic mass is 16.4. The summed E-state index contributed by atoms with van der Waals surface area (Å²) in [5, 5.41) is 19.2. The van der Waals surface area contributed by atoms with Gasteiger partial charge in [0.25, 0.3) is 0 Å². The molecular weight excluding hydrogens is 216 g/mol. The molecule has 0 heterocycles. The largest absolute Gasteiger partial charge is 0.481 e. The zero-order valence-corrected chi connectivity index (χ0v) is 9.14. The Hall–Kier alpha value is -1.63. The summed E-state index contributed by atoms with van der Waals surface area (Å²) < 4.78 is 0. The smallest absolute Gasteiger partial charge is 0.326 e. The highest BCUT2D eigenvalue weighted by Crippen LogP contribution is 2.00. The van der Waals surface area contributed by atoms with Crippen LogP contribution in [0, 0.1) is 5.92 Å². The molecule has 0 aliphatic carbocycles. The van der Waals surface area contributed by atoms with Gasteiger partial charge in [0.15, 0.2) is 0 Å². The molecule has 0 aromatic carbocycles. The lowest BCUT2D eigenvalue weighted by Crippen LogP contribution is -2.50. The quantitative estimate of drug-likeness (QED) is 0.465. The van der Waals surface area contributed by atoms with E-state index in [0.29, 0.717) is 0 Å². The van der Waals surface area contributed by atoms with Crippen LogP contribution in [-0.4, -0.2) is 40.1 Å². The monoisotopic (exact) mass is 232 g/mol. The molecule has 0 saturated heterocycles. The van der Waals surface area contributed by atoms with Crippen molar-refractivity contribution in [1.82, 2.24) is 5.32 Å². The Labute approximate surface area is 92.6 Å². The second-order valence-corrected chi connectivity index (χ2v) is 3.77. The van der Waals surface area contributed by atoms with Gasteiger partial charge in [-0.05, 0) is 5.92 Å². The van der Waals surface area contributed by atoms with Gasteiger partial charge in [0.05, 0.1) is 12.5 Å². The molecule has 0 radical (unpaired) electrons. The second-order valence-electron chi connectivity index (χ2n) is 3.77. The third kappa shape index (κ3) is 4.74. The van der Waals surface area contributed by atoms with Crippen LogP contribution in [0.5, 0.6) is 0 Å². The molecule has 92 valence electrons. The molecule has 1 amide bonds. The van der Waals surface area contributed by atoms with Crippen molar-refractivity contribution in [2.75, 3.05) is 0 Å². The molecule has 16 heavy (non-hydrogen) atoms. The van der Waals surface area contributed by atoms with Gasteiger partial charge in [0.2, 0.25) is 5.91 Å². The third-order valence-electron chi connectivity index (χ3n) is 2.01. The highest BCUT2D eigenvalue weighted by molar-refractivity contribution is 5.89. The maximum atomic E-state index is 11.4. The van der Waals surface area contributed by atoms with E-state index in [4.69, 9.17) is 15.9 Å². The molecule has 0 aromatic heterocycles. The van der Waals surface area contributed by atoms with E-state index >= 15 is 0 Å². The lowest BCUT2D eigenvalue weighted by atomic mass is 10.0. The van der Waals surface area contributed by atoms with E-state index in [0.717, 1.165) is 0 Å². The normalized spacial score (nSPS) is 14.2. The van der Waals surface area contributed by atoms with Gasteiger partial charge in [0, 0.05) is 0 Å². The summed E-state index contributed by atoms with van der Waals surface area (Å²) in [4.78, 5) is 32.4. The van der Waals surface area contributed by atoms with Crippen LogP contribution in [0.25, 0.3) is 0 Å². The van der Waals surface area contributed by atoms with Gasteiger partial charge in [0.1, 0.15) is 6.04 Å². The number of carbonyl (C=O) groups is 3. The highest BCUT2D eigenvalue weighted by Gasteiger charge is 2.26. The SMILES string of the molecule is CC(C)[C@H](N)C(=O)NC(CC(=O)O)C(=O)O. The van der Waals surface area contributed by atoms with Gasteiger partial charge in [-0.3, -0.25) is 9.59 Å². The zero-order chi connectivity index (χ0) is 12.9. The van der Waals surface area contributed by atoms with Crippen molar-refractivity contribution < 1.29 is 24.6 Å². The van der Waals surface area contributed by atoms with Crippen LogP contribution in [0.2, 0.25) is 0 Å². The Balaban J connectivity index is 4.46. The van der Waals surface area contributed by atoms with Crippen LogP contribution >= 0.6 is 0 Å². The summed E-state index contributed by atoms with van der Waals surface area (Å²) in [6.07, 6.45) is -0.675. The second kappa shape index (κ2) is 6.06. The molecule has 0 fully saturated rings. The number of aliphatic carboxylic acids is 2. The van der Waals surface area contributed by atoms with Crippen molar-refractivity contribution in [3.63, 3.8) is 0 Å². The average molecular weight is 232 g/mol. The van der Waals surface area contributed by atoms with Gasteiger partial charge in [-0.15, -0.1) is 0 Å². The van der Waals surface area contributed by atoms with Crippen molar-refractivity contribution in [3.05, 3.63) is 0 Å². The summed E-state index contributed by atoms with van der Waals surface area (Å²) in [5.41, 5.74) is 5.49. The van der Waals surface area contributed by atoms with Crippen molar-refractivity contribution in [2.45, 2.75) is 32.4 Å². The van der Waals surface area contributed by atoms with Crippen molar-refractivity contribution in [3.8, 4) is 0 Å². The fourth-order valence-corrected chi connectivity index (χ4v) is 0.945. The number of carboxylic acids is 2. The number of amides is 1. The molecule has 2 atom stereocenters. The summed E-state index contributed by atoms with van der Waals surface area (Å²) in [7, 11) is 0. The van der Waals surface area contributed by atoms with E-state index in [1.54, 1.807) is 13.8 Å². The molecule has 0 aliphatic rings. The van der Waals surface area contributed by atoms with Crippen molar-refractivity contribution in [2.24, 2.45) is 11.7 Å². The fourth-order valence-electron chi connectivity index (χ4n) is 0.945. The molecule has 1 unspecified atom stereocenters. The molecule has 0 rings (SSSR count). The lowest BCUT2D eigenvalue weighted by molar-refractivity contribution is -0.147. The van der Waals surface area contributed by atoms with Crippen LogP contribution in [0.4, 0.5) is 0 Å². The first-order valence-corrected chi connectivity index (χ1v) is 4.76. The molecule has 5 N–H and O–H groups in total. The van der Waals surface area contributed by atoms with E-state index in [9.17, 15) is 14.4 Å². The maximum Gasteiger partial charge on any atom is 0.326 e. The average Bonchev–Trinajstić information content (AvgIpc) is 2.14. The van der Waals surface area contributed by atoms with Crippen molar-refractivity contribution in [1.29, 1.82) is 0 Å². The standard InChI is InChI=1S/C9H16N2O5/c1-4(2)7(10)8(14)11-5(9(15)16)3-6(12)13/h4-5,7H,3,10H2,1-2H3,(H,11,14)(H,12,13)(H,15,16)/t5?,7-/m0/s1. The predicted octanol–water partition coefficient (Wildman–Crippen LogP) is -0.986. The predicted molar refractivity (Wildman–Crippen MR) is 54.6 cm³/mol. The number of carbonyl (C=O) groups excluding carboxylic acids is 1. The van der Waals surface area contributed by atoms with Gasteiger partial charge in [-0.25, -0.2) is 4.79 Å². The number of hydrogen-bond acceptors (Lipinski definition) is 4. The Morgan fingerprint density at radius 2 is 1.75 bits per heavy atom. The lowest BCUT2D eigenvalue weighted by Gasteiger charge is -2.18. The van der Waals surface area contributed by atoms with Crippen LogP contribution in [0.3, 0.4) is 0 Å². The molecule has 7 heteroatoms. The van der Waals surface area contributed by atoms with Gasteiger partial charge < -0.3 is 21.3 Å². The van der Waals surface area contributed by atoms with Crippen LogP contribution in [0.15, 0.2) is 0 Å². The minimum Gasteiger partial charge on any atom is -0.481 e. The summed E-state index contributed by atoms with van der Waals surface area (Å²) in [6, 6.07) is -2.30. The zero-order valence-electron chi connectivity index (χ0n) is 9.14. The van der Waals surface area contributed by atoms with Gasteiger partial charge >= 0.3 is 11.9 Å². The third-order valence-corrected chi connectivity index (χ3v) is 2.01. The van der Waals surface area contributed by atoms with E-state index in [1.807, 2.05) is 0 Å². The van der Waals surface area contributed by atoms with Crippen LogP contribution < -0.4 is 11.1 Å². The van der Waals surface area contributed by atoms with E-state index in [2.05, 4.69) is 5.32 Å². The molecule has 0 saturated carbocycles. The Kier molecular flexibility index (Phi) is 5.44. The van der Waals surface area contributed by atoms with Crippen LogP contribution in [0.1, 0.15) is 20.3 Å². The molecule has 7 nitrogen and oxygen atoms in total. The van der Waals surface area contributed by atoms with Crippen molar-refractivity contribution >= 4 is 17.8 Å². The minimum absolute atomic E-state index is 0.153. The van der Waals surface area contributed by atoms with E-state index in [1.165, 1.54) is 0 Å². The maximum absolute atomic E-state index is 11.4. The number of carboxylic acid groups (broad SMARTS) is 2. The number of nitrogens with one attached hydrogen (secondary N) is 1. The van der Waals surface area contributed by atoms with Crippen LogP contribution in [-0.2, 0) is 14.4 Å². The molecule has 0 aromatic rings. The summed E-state index contributed by atoms with van der Waals surface area (Å²) in [6.45, 7) is 3.41. The summed E-state index contributed by atoms with van der Waals surface area (Å²) >= 11 is 0. The molecule has 0 aliphatic heterocycles. The molecular formula is C9H16N2O5. The number of hydrogen-bond donors (Lipinski definition) is 4. The van der Waals surface area contributed by atoms with E-state index < -0.39 is 36.4 Å². The summed E-state index contributed by atoms with van der Waals surface area (Å²) in [5.74, 6) is -3.51. The topological polar surface area (TPSA) is 130 Å². The fraction of sp³-hybridized carbons (Fsp3) is 0.667. The Bertz CT molecular complexity index is 290. The number of nitrogens with two attached hydrogens (primary N) is 1. The Morgan fingerprint density at radius 1 is 1.25 bits per heavy atom. The van der Waals surface area contributed by atoms with Gasteiger partial charge in [-0.1, -0.05) is 13.8 Å².